The average molecular weight is 409 g/mol. The molecule has 0 spiro atoms. The molecule has 3 aromatic rings. The van der Waals surface area contributed by atoms with Gasteiger partial charge in [-0.15, -0.1) is 0 Å². The minimum atomic E-state index is 0.240. The molecule has 0 aliphatic carbocycles. The molecule has 108 valence electrons. The number of hydrogen-bond acceptors (Lipinski definition) is 1. The molecule has 2 aromatic carbocycles. The van der Waals surface area contributed by atoms with Gasteiger partial charge >= 0.3 is 0 Å². The molecule has 4 heteroatoms. The predicted molar refractivity (Wildman–Crippen MR) is 93.8 cm³/mol. The first-order valence-electron chi connectivity index (χ1n) is 7.01. The summed E-state index contributed by atoms with van der Waals surface area (Å²) in [7, 11) is 0. The summed E-state index contributed by atoms with van der Waals surface area (Å²) in [4.78, 5) is 0. The van der Waals surface area contributed by atoms with Crippen LogP contribution in [0.1, 0.15) is 6.92 Å². The molecule has 1 fully saturated rings. The van der Waals surface area contributed by atoms with Crippen molar-refractivity contribution >= 4 is 53.7 Å². The van der Waals surface area contributed by atoms with Crippen LogP contribution in [-0.4, -0.2) is 17.8 Å². The molecule has 0 N–H and O–H groups in total. The first kappa shape index (κ1) is 13.8. The number of benzene rings is 2. The third kappa shape index (κ3) is 2.24. The van der Waals surface area contributed by atoms with Crippen LogP contribution in [0.3, 0.4) is 0 Å². The van der Waals surface area contributed by atoms with E-state index in [1.807, 2.05) is 0 Å². The number of rotatable bonds is 2. The van der Waals surface area contributed by atoms with Gasteiger partial charge in [-0.2, -0.15) is 0 Å². The van der Waals surface area contributed by atoms with Gasteiger partial charge in [0.2, 0.25) is 0 Å². The highest BCUT2D eigenvalue weighted by molar-refractivity contribution is 9.10. The van der Waals surface area contributed by atoms with E-state index in [1.54, 1.807) is 0 Å². The lowest BCUT2D eigenvalue weighted by Gasteiger charge is -2.38. The van der Waals surface area contributed by atoms with Crippen LogP contribution in [0.4, 0.5) is 0 Å². The number of aromatic nitrogens is 1. The van der Waals surface area contributed by atoms with Gasteiger partial charge in [0.1, 0.15) is 0 Å². The quantitative estimate of drug-likeness (QED) is 0.556. The van der Waals surface area contributed by atoms with E-state index >= 15 is 0 Å². The summed E-state index contributed by atoms with van der Waals surface area (Å²) in [5, 5.41) is 2.62. The van der Waals surface area contributed by atoms with Crippen LogP contribution in [0.25, 0.3) is 21.8 Å². The highest BCUT2D eigenvalue weighted by Gasteiger charge is 2.34. The van der Waals surface area contributed by atoms with E-state index in [-0.39, 0.29) is 5.41 Å². The minimum Gasteiger partial charge on any atom is -0.380 e. The number of fused-ring (bicyclic) bond motifs is 3. The number of halogens is 2. The molecule has 1 aromatic heterocycles. The summed E-state index contributed by atoms with van der Waals surface area (Å²) in [6, 6.07) is 13.1. The van der Waals surface area contributed by atoms with Gasteiger partial charge < -0.3 is 9.30 Å². The zero-order valence-corrected chi connectivity index (χ0v) is 14.9. The fourth-order valence-corrected chi connectivity index (χ4v) is 3.83. The maximum Gasteiger partial charge on any atom is 0.0559 e. The van der Waals surface area contributed by atoms with Gasteiger partial charge in [-0.3, -0.25) is 0 Å². The second kappa shape index (κ2) is 4.83. The smallest absolute Gasteiger partial charge is 0.0559 e. The second-order valence-corrected chi connectivity index (χ2v) is 8.04. The Morgan fingerprint density at radius 3 is 1.95 bits per heavy atom. The Hall–Kier alpha value is -0.840. The summed E-state index contributed by atoms with van der Waals surface area (Å²) in [5.74, 6) is 0. The van der Waals surface area contributed by atoms with Crippen molar-refractivity contribution in [3.8, 4) is 0 Å². The Morgan fingerprint density at radius 2 is 1.52 bits per heavy atom. The standard InChI is InChI=1S/C17H15Br2NO/c1-17(9-21-10-17)8-20-15-6-11(18)2-4-13(15)14-5-3-12(19)7-16(14)20/h2-7H,8-10H2,1H3. The topological polar surface area (TPSA) is 14.2 Å². The number of hydrogen-bond donors (Lipinski definition) is 0. The van der Waals surface area contributed by atoms with Crippen LogP contribution < -0.4 is 0 Å². The lowest BCUT2D eigenvalue weighted by Crippen LogP contribution is -2.43. The molecule has 1 aliphatic heterocycles. The first-order valence-corrected chi connectivity index (χ1v) is 8.59. The van der Waals surface area contributed by atoms with Crippen LogP contribution in [0.15, 0.2) is 45.3 Å². The Bertz CT molecular complexity index is 789. The highest BCUT2D eigenvalue weighted by atomic mass is 79.9. The van der Waals surface area contributed by atoms with Crippen LogP contribution in [0.2, 0.25) is 0 Å². The molecule has 0 bridgehead atoms. The molecule has 4 rings (SSSR count). The normalized spacial score (nSPS) is 17.3. The first-order chi connectivity index (χ1) is 10.1. The largest absolute Gasteiger partial charge is 0.380 e. The lowest BCUT2D eigenvalue weighted by atomic mass is 9.88. The van der Waals surface area contributed by atoms with E-state index < -0.39 is 0 Å². The Labute approximate surface area is 140 Å². The van der Waals surface area contributed by atoms with Gasteiger partial charge in [-0.25, -0.2) is 0 Å². The Morgan fingerprint density at radius 1 is 1.00 bits per heavy atom. The molecule has 0 unspecified atom stereocenters. The predicted octanol–water partition coefficient (Wildman–Crippen LogP) is 5.36. The molecule has 0 saturated carbocycles. The molecule has 0 atom stereocenters. The Kier molecular flexibility index (Phi) is 3.18. The Balaban J connectivity index is 2.02. The van der Waals surface area contributed by atoms with Gasteiger partial charge in [-0.05, 0) is 24.3 Å². The van der Waals surface area contributed by atoms with Crippen molar-refractivity contribution in [2.75, 3.05) is 13.2 Å². The lowest BCUT2D eigenvalue weighted by molar-refractivity contribution is -0.109. The zero-order valence-electron chi connectivity index (χ0n) is 11.7. The monoisotopic (exact) mass is 407 g/mol. The van der Waals surface area contributed by atoms with Crippen LogP contribution in [-0.2, 0) is 11.3 Å². The van der Waals surface area contributed by atoms with Gasteiger partial charge in [0, 0.05) is 31.7 Å². The van der Waals surface area contributed by atoms with Crippen LogP contribution >= 0.6 is 31.9 Å². The molecular weight excluding hydrogens is 394 g/mol. The summed E-state index contributed by atoms with van der Waals surface area (Å²) >= 11 is 7.20. The van der Waals surface area contributed by atoms with E-state index in [0.717, 1.165) is 28.7 Å². The van der Waals surface area contributed by atoms with Crippen molar-refractivity contribution < 1.29 is 4.74 Å². The summed E-state index contributed by atoms with van der Waals surface area (Å²) in [6.07, 6.45) is 0. The molecule has 0 radical (unpaired) electrons. The maximum atomic E-state index is 5.43. The van der Waals surface area contributed by atoms with E-state index in [0.29, 0.717) is 0 Å². The van der Waals surface area contributed by atoms with Gasteiger partial charge in [0.05, 0.1) is 24.2 Å². The second-order valence-electron chi connectivity index (χ2n) is 6.21. The molecule has 1 aliphatic rings. The summed E-state index contributed by atoms with van der Waals surface area (Å²) in [5.41, 5.74) is 2.81. The summed E-state index contributed by atoms with van der Waals surface area (Å²) < 4.78 is 10.1. The molecule has 21 heavy (non-hydrogen) atoms. The van der Waals surface area contributed by atoms with Gasteiger partial charge in [0.15, 0.2) is 0 Å². The third-order valence-electron chi connectivity index (χ3n) is 4.23. The van der Waals surface area contributed by atoms with Gasteiger partial charge in [0.25, 0.3) is 0 Å². The minimum absolute atomic E-state index is 0.240. The van der Waals surface area contributed by atoms with Crippen molar-refractivity contribution in [3.05, 3.63) is 45.3 Å². The third-order valence-corrected chi connectivity index (χ3v) is 5.22. The molecule has 2 nitrogen and oxygen atoms in total. The molecule has 2 heterocycles. The van der Waals surface area contributed by atoms with E-state index in [2.05, 4.69) is 79.7 Å². The SMILES string of the molecule is CC1(Cn2c3cc(Br)ccc3c3ccc(Br)cc32)COC1. The van der Waals surface area contributed by atoms with Crippen molar-refractivity contribution in [1.29, 1.82) is 0 Å². The van der Waals surface area contributed by atoms with Crippen LogP contribution in [0, 0.1) is 5.41 Å². The maximum absolute atomic E-state index is 5.43. The molecule has 0 amide bonds. The number of ether oxygens (including phenoxy) is 1. The van der Waals surface area contributed by atoms with E-state index in [1.165, 1.54) is 21.8 Å². The molecule has 1 saturated heterocycles. The van der Waals surface area contributed by atoms with Crippen LogP contribution in [0.5, 0.6) is 0 Å². The highest BCUT2D eigenvalue weighted by Crippen LogP contribution is 2.37. The zero-order chi connectivity index (χ0) is 14.6. The fraction of sp³-hybridized carbons (Fsp3) is 0.294. The van der Waals surface area contributed by atoms with Gasteiger partial charge in [-0.1, -0.05) is 50.9 Å². The van der Waals surface area contributed by atoms with Crippen molar-refractivity contribution in [2.45, 2.75) is 13.5 Å². The number of nitrogens with zero attached hydrogens (tertiary/aromatic N) is 1. The average Bonchev–Trinajstić information content (AvgIpc) is 2.70. The van der Waals surface area contributed by atoms with E-state index in [4.69, 9.17) is 4.74 Å². The van der Waals surface area contributed by atoms with Crippen molar-refractivity contribution in [3.63, 3.8) is 0 Å². The fourth-order valence-electron chi connectivity index (χ4n) is 3.14. The summed E-state index contributed by atoms with van der Waals surface area (Å²) in [6.45, 7) is 4.97. The van der Waals surface area contributed by atoms with Crippen molar-refractivity contribution in [2.24, 2.45) is 5.41 Å². The molecular formula is C17H15Br2NO. The van der Waals surface area contributed by atoms with Crippen molar-refractivity contribution in [1.82, 2.24) is 4.57 Å². The van der Waals surface area contributed by atoms with E-state index in [9.17, 15) is 0 Å².